The zero-order valence-electron chi connectivity index (χ0n) is 15.2. The van der Waals surface area contributed by atoms with Crippen LogP contribution in [-0.2, 0) is 21.2 Å². The number of ether oxygens (including phenoxy) is 1. The molecule has 0 saturated heterocycles. The van der Waals surface area contributed by atoms with E-state index in [4.69, 9.17) is 9.84 Å². The van der Waals surface area contributed by atoms with Gasteiger partial charge in [-0.1, -0.05) is 36.4 Å². The third-order valence-electron chi connectivity index (χ3n) is 5.37. The number of carboxylic acid groups (broad SMARTS) is 1. The SMILES string of the molecule is CS(=O)(=O)N(c1ccccc1)C1C(O)CC2Oc3c(CC(=O)O)cccc3C21. The number of aliphatic hydroxyl groups is 1. The molecule has 1 saturated carbocycles. The summed E-state index contributed by atoms with van der Waals surface area (Å²) >= 11 is 0. The van der Waals surface area contributed by atoms with E-state index in [9.17, 15) is 18.3 Å². The van der Waals surface area contributed by atoms with Crippen molar-refractivity contribution in [1.82, 2.24) is 0 Å². The van der Waals surface area contributed by atoms with E-state index >= 15 is 0 Å². The largest absolute Gasteiger partial charge is 0.489 e. The predicted octanol–water partition coefficient (Wildman–Crippen LogP) is 1.76. The van der Waals surface area contributed by atoms with Gasteiger partial charge in [-0.3, -0.25) is 9.10 Å². The first-order chi connectivity index (χ1) is 13.3. The third-order valence-corrected chi connectivity index (χ3v) is 6.54. The maximum atomic E-state index is 12.7. The molecule has 4 unspecified atom stereocenters. The predicted molar refractivity (Wildman–Crippen MR) is 103 cm³/mol. The van der Waals surface area contributed by atoms with E-state index in [-0.39, 0.29) is 18.8 Å². The Hall–Kier alpha value is -2.58. The number of aliphatic carboxylic acids is 1. The van der Waals surface area contributed by atoms with Gasteiger partial charge in [0.15, 0.2) is 0 Å². The van der Waals surface area contributed by atoms with Crippen molar-refractivity contribution in [2.45, 2.75) is 37.0 Å². The number of aliphatic hydroxyl groups excluding tert-OH is 1. The van der Waals surface area contributed by atoms with Crippen LogP contribution >= 0.6 is 0 Å². The van der Waals surface area contributed by atoms with Gasteiger partial charge >= 0.3 is 5.97 Å². The Kier molecular flexibility index (Phi) is 4.55. The highest BCUT2D eigenvalue weighted by Gasteiger charge is 2.54. The van der Waals surface area contributed by atoms with Gasteiger partial charge in [-0.25, -0.2) is 8.42 Å². The van der Waals surface area contributed by atoms with Crippen LogP contribution in [0.15, 0.2) is 48.5 Å². The number of rotatable bonds is 5. The molecular weight excluding hydrogens is 382 g/mol. The molecule has 2 aromatic rings. The Bertz CT molecular complexity index is 1010. The molecule has 2 aromatic carbocycles. The maximum absolute atomic E-state index is 12.7. The molecule has 0 radical (unpaired) electrons. The molecule has 2 aliphatic rings. The van der Waals surface area contributed by atoms with Crippen LogP contribution in [0.1, 0.15) is 23.5 Å². The molecule has 28 heavy (non-hydrogen) atoms. The lowest BCUT2D eigenvalue weighted by molar-refractivity contribution is -0.136. The molecular formula is C20H21NO6S. The van der Waals surface area contributed by atoms with Gasteiger partial charge in [0, 0.05) is 23.5 Å². The van der Waals surface area contributed by atoms with Crippen LogP contribution in [0.4, 0.5) is 5.69 Å². The monoisotopic (exact) mass is 403 g/mol. The highest BCUT2D eigenvalue weighted by atomic mass is 32.2. The molecule has 4 atom stereocenters. The quantitative estimate of drug-likeness (QED) is 0.788. The van der Waals surface area contributed by atoms with E-state index < -0.39 is 34.2 Å². The van der Waals surface area contributed by atoms with Crippen LogP contribution in [0.3, 0.4) is 0 Å². The van der Waals surface area contributed by atoms with E-state index in [1.54, 1.807) is 42.5 Å². The minimum atomic E-state index is -3.68. The van der Waals surface area contributed by atoms with Crippen LogP contribution in [0.25, 0.3) is 0 Å². The van der Waals surface area contributed by atoms with Crippen LogP contribution in [-0.4, -0.2) is 49.1 Å². The van der Waals surface area contributed by atoms with Crippen molar-refractivity contribution in [1.29, 1.82) is 0 Å². The molecule has 0 spiro atoms. The Morgan fingerprint density at radius 3 is 2.54 bits per heavy atom. The standard InChI is InChI=1S/C20H21NO6S/c1-28(25,26)21(13-7-3-2-4-8-13)19-15(22)11-16-18(19)14-9-5-6-12(10-17(23)24)20(14)27-16/h2-9,15-16,18-19,22H,10-11H2,1H3,(H,23,24). The second-order valence-electron chi connectivity index (χ2n) is 7.28. The Balaban J connectivity index is 1.81. The smallest absolute Gasteiger partial charge is 0.307 e. The van der Waals surface area contributed by atoms with Crippen molar-refractivity contribution in [2.75, 3.05) is 10.6 Å². The second-order valence-corrected chi connectivity index (χ2v) is 9.14. The Morgan fingerprint density at radius 1 is 1.18 bits per heavy atom. The van der Waals surface area contributed by atoms with Gasteiger partial charge in [0.05, 0.1) is 30.5 Å². The zero-order valence-corrected chi connectivity index (χ0v) is 16.0. The molecule has 1 aliphatic heterocycles. The van der Waals surface area contributed by atoms with Gasteiger partial charge in [0.1, 0.15) is 11.9 Å². The molecule has 7 nitrogen and oxygen atoms in total. The summed E-state index contributed by atoms with van der Waals surface area (Å²) in [6, 6.07) is 13.2. The van der Waals surface area contributed by atoms with Gasteiger partial charge in [-0.2, -0.15) is 0 Å². The Labute approximate surface area is 163 Å². The number of carbonyl (C=O) groups is 1. The summed E-state index contributed by atoms with van der Waals surface area (Å²) in [5.41, 5.74) is 1.78. The number of para-hydroxylation sites is 2. The van der Waals surface area contributed by atoms with E-state index in [2.05, 4.69) is 0 Å². The average molecular weight is 403 g/mol. The van der Waals surface area contributed by atoms with Crippen LogP contribution < -0.4 is 9.04 Å². The first kappa shape index (κ1) is 18.8. The fourth-order valence-electron chi connectivity index (χ4n) is 4.42. The fourth-order valence-corrected chi connectivity index (χ4v) is 5.63. The summed E-state index contributed by atoms with van der Waals surface area (Å²) in [6.45, 7) is 0. The normalized spacial score (nSPS) is 25.6. The van der Waals surface area contributed by atoms with E-state index in [0.717, 1.165) is 11.8 Å². The summed E-state index contributed by atoms with van der Waals surface area (Å²) < 4.78 is 32.6. The van der Waals surface area contributed by atoms with Gasteiger partial charge in [-0.05, 0) is 12.1 Å². The fraction of sp³-hybridized carbons (Fsp3) is 0.350. The molecule has 1 fully saturated rings. The summed E-state index contributed by atoms with van der Waals surface area (Å²) in [7, 11) is -3.68. The zero-order chi connectivity index (χ0) is 20.1. The molecule has 1 heterocycles. The minimum Gasteiger partial charge on any atom is -0.489 e. The van der Waals surface area contributed by atoms with E-state index in [1.165, 1.54) is 4.31 Å². The van der Waals surface area contributed by atoms with Crippen molar-refractivity contribution < 1.29 is 28.2 Å². The molecule has 148 valence electrons. The number of nitrogens with zero attached hydrogens (tertiary/aromatic N) is 1. The molecule has 4 rings (SSSR count). The summed E-state index contributed by atoms with van der Waals surface area (Å²) in [4.78, 5) is 11.2. The van der Waals surface area contributed by atoms with Crippen molar-refractivity contribution in [3.8, 4) is 5.75 Å². The molecule has 0 amide bonds. The lowest BCUT2D eigenvalue weighted by atomic mass is 9.91. The molecule has 2 N–H and O–H groups in total. The van der Waals surface area contributed by atoms with Crippen molar-refractivity contribution >= 4 is 21.7 Å². The van der Waals surface area contributed by atoms with Crippen LogP contribution in [0.2, 0.25) is 0 Å². The van der Waals surface area contributed by atoms with Gasteiger partial charge in [0.2, 0.25) is 10.0 Å². The maximum Gasteiger partial charge on any atom is 0.307 e. The number of anilines is 1. The van der Waals surface area contributed by atoms with Gasteiger partial charge in [-0.15, -0.1) is 0 Å². The van der Waals surface area contributed by atoms with Crippen molar-refractivity contribution in [3.05, 3.63) is 59.7 Å². The number of sulfonamides is 1. The highest BCUT2D eigenvalue weighted by Crippen LogP contribution is 2.51. The van der Waals surface area contributed by atoms with Crippen LogP contribution in [0, 0.1) is 0 Å². The summed E-state index contributed by atoms with van der Waals surface area (Å²) in [5.74, 6) is -0.848. The number of hydrogen-bond donors (Lipinski definition) is 2. The molecule has 0 bridgehead atoms. The number of hydrogen-bond acceptors (Lipinski definition) is 5. The summed E-state index contributed by atoms with van der Waals surface area (Å²) in [6.07, 6.45) is -0.0868. The number of benzene rings is 2. The second kappa shape index (κ2) is 6.79. The molecule has 0 aromatic heterocycles. The van der Waals surface area contributed by atoms with Crippen molar-refractivity contribution in [3.63, 3.8) is 0 Å². The number of fused-ring (bicyclic) bond motifs is 3. The number of carboxylic acids is 1. The lowest BCUT2D eigenvalue weighted by Crippen LogP contribution is -2.47. The minimum absolute atomic E-state index is 0.176. The topological polar surface area (TPSA) is 104 Å². The summed E-state index contributed by atoms with van der Waals surface area (Å²) in [5, 5.41) is 19.9. The first-order valence-electron chi connectivity index (χ1n) is 9.00. The molecule has 1 aliphatic carbocycles. The van der Waals surface area contributed by atoms with Crippen molar-refractivity contribution in [2.24, 2.45) is 0 Å². The van der Waals surface area contributed by atoms with Crippen LogP contribution in [0.5, 0.6) is 5.75 Å². The third kappa shape index (κ3) is 3.12. The average Bonchev–Trinajstić information content (AvgIpc) is 3.11. The first-order valence-corrected chi connectivity index (χ1v) is 10.8. The lowest BCUT2D eigenvalue weighted by Gasteiger charge is -2.34. The van der Waals surface area contributed by atoms with E-state index in [1.807, 2.05) is 6.07 Å². The van der Waals surface area contributed by atoms with E-state index in [0.29, 0.717) is 17.0 Å². The van der Waals surface area contributed by atoms with Gasteiger partial charge in [0.25, 0.3) is 0 Å². The Morgan fingerprint density at radius 2 is 1.89 bits per heavy atom. The highest BCUT2D eigenvalue weighted by molar-refractivity contribution is 7.92. The molecule has 8 heteroatoms. The van der Waals surface area contributed by atoms with Gasteiger partial charge < -0.3 is 14.9 Å².